The molecule has 1 aliphatic rings. The average Bonchev–Trinajstić information content (AvgIpc) is 2.29. The highest BCUT2D eigenvalue weighted by molar-refractivity contribution is 7.82. The van der Waals surface area contributed by atoms with Crippen LogP contribution in [0.25, 0.3) is 0 Å². The molecule has 0 saturated carbocycles. The van der Waals surface area contributed by atoms with Crippen LogP contribution in [0, 0.1) is 0 Å². The van der Waals surface area contributed by atoms with Crippen LogP contribution in [0.4, 0.5) is 0 Å². The zero-order valence-electron chi connectivity index (χ0n) is 10.2. The van der Waals surface area contributed by atoms with Gasteiger partial charge >= 0.3 is 0 Å². The second kappa shape index (κ2) is 6.59. The average molecular weight is 246 g/mol. The Morgan fingerprint density at radius 2 is 2.06 bits per heavy atom. The smallest absolute Gasteiger partial charge is 0.150 e. The van der Waals surface area contributed by atoms with E-state index in [9.17, 15) is 4.79 Å². The van der Waals surface area contributed by atoms with E-state index in [4.69, 9.17) is 4.74 Å². The third kappa shape index (κ3) is 4.05. The zero-order chi connectivity index (χ0) is 12.0. The summed E-state index contributed by atoms with van der Waals surface area (Å²) in [5.74, 6) is 0. The first-order valence-electron chi connectivity index (χ1n) is 5.75. The van der Waals surface area contributed by atoms with Crippen molar-refractivity contribution < 1.29 is 9.53 Å². The molecule has 0 amide bonds. The van der Waals surface area contributed by atoms with Crippen molar-refractivity contribution in [2.24, 2.45) is 0 Å². The second-order valence-corrected chi connectivity index (χ2v) is 5.28. The van der Waals surface area contributed by atoms with E-state index in [-0.39, 0.29) is 0 Å². The van der Waals surface area contributed by atoms with Crippen molar-refractivity contribution in [3.63, 3.8) is 0 Å². The largest absolute Gasteiger partial charge is 0.379 e. The van der Waals surface area contributed by atoms with Crippen molar-refractivity contribution in [1.29, 1.82) is 0 Å². The van der Waals surface area contributed by atoms with Gasteiger partial charge in [-0.2, -0.15) is 0 Å². The van der Waals surface area contributed by atoms with Gasteiger partial charge in [-0.1, -0.05) is 0 Å². The molecule has 5 heteroatoms. The van der Waals surface area contributed by atoms with Crippen molar-refractivity contribution in [2.75, 3.05) is 46.9 Å². The molecule has 0 spiro atoms. The highest BCUT2D eigenvalue weighted by Gasteiger charge is 2.33. The van der Waals surface area contributed by atoms with Crippen LogP contribution < -0.4 is 0 Å². The summed E-state index contributed by atoms with van der Waals surface area (Å²) in [4.78, 5) is 14.9. The summed E-state index contributed by atoms with van der Waals surface area (Å²) >= 11 is 4.55. The molecule has 0 N–H and O–H groups in total. The number of hydrogen-bond donors (Lipinski definition) is 1. The quantitative estimate of drug-likeness (QED) is 0.546. The van der Waals surface area contributed by atoms with E-state index in [1.807, 2.05) is 14.1 Å². The summed E-state index contributed by atoms with van der Waals surface area (Å²) in [6, 6.07) is 0. The van der Waals surface area contributed by atoms with Gasteiger partial charge in [0.2, 0.25) is 0 Å². The highest BCUT2D eigenvalue weighted by atomic mass is 32.1. The van der Waals surface area contributed by atoms with Gasteiger partial charge < -0.3 is 14.4 Å². The number of aldehydes is 1. The van der Waals surface area contributed by atoms with Crippen molar-refractivity contribution in [3.8, 4) is 0 Å². The molecule has 1 atom stereocenters. The van der Waals surface area contributed by atoms with Crippen LogP contribution in [-0.2, 0) is 9.53 Å². The lowest BCUT2D eigenvalue weighted by Gasteiger charge is -2.38. The molecule has 16 heavy (non-hydrogen) atoms. The minimum Gasteiger partial charge on any atom is -0.379 e. The summed E-state index contributed by atoms with van der Waals surface area (Å²) in [6.07, 6.45) is 2.74. The number of rotatable bonds is 6. The van der Waals surface area contributed by atoms with E-state index in [0.717, 1.165) is 38.8 Å². The molecule has 1 rings (SSSR count). The molecule has 0 aromatic heterocycles. The van der Waals surface area contributed by atoms with E-state index < -0.39 is 4.87 Å². The minimum absolute atomic E-state index is 0.611. The maximum absolute atomic E-state index is 11.2. The molecular formula is C11H22N2O2S. The Morgan fingerprint density at radius 3 is 2.56 bits per heavy atom. The number of carbonyl (C=O) groups excluding carboxylic acids is 1. The minimum atomic E-state index is -0.611. The SMILES string of the molecule is CN(C)CCCC(S)(C=O)N1CCOCC1. The Bertz CT molecular complexity index is 220. The van der Waals surface area contributed by atoms with Crippen LogP contribution >= 0.6 is 12.6 Å². The standard InChI is InChI=1S/C11H22N2O2S/c1-12(2)5-3-4-11(16,10-14)13-6-8-15-9-7-13/h10,16H,3-9H2,1-2H3. The summed E-state index contributed by atoms with van der Waals surface area (Å²) in [5, 5.41) is 0. The number of ether oxygens (including phenoxy) is 1. The summed E-state index contributed by atoms with van der Waals surface area (Å²) < 4.78 is 5.28. The number of carbonyl (C=O) groups is 1. The Labute approximate surface area is 103 Å². The molecule has 0 radical (unpaired) electrons. The van der Waals surface area contributed by atoms with E-state index in [1.165, 1.54) is 0 Å². The number of thiol groups is 1. The Kier molecular flexibility index (Phi) is 5.75. The molecule has 1 fully saturated rings. The maximum Gasteiger partial charge on any atom is 0.150 e. The Hall–Kier alpha value is -0.100. The topological polar surface area (TPSA) is 32.8 Å². The third-order valence-corrected chi connectivity index (χ3v) is 3.51. The first-order valence-corrected chi connectivity index (χ1v) is 6.19. The fourth-order valence-electron chi connectivity index (χ4n) is 1.90. The number of hydrogen-bond acceptors (Lipinski definition) is 5. The van der Waals surface area contributed by atoms with Gasteiger partial charge in [-0.05, 0) is 33.5 Å². The van der Waals surface area contributed by atoms with Gasteiger partial charge in [-0.25, -0.2) is 0 Å². The lowest BCUT2D eigenvalue weighted by Crippen LogP contribution is -2.51. The van der Waals surface area contributed by atoms with E-state index in [1.54, 1.807) is 0 Å². The number of morpholine rings is 1. The number of nitrogens with zero attached hydrogens (tertiary/aromatic N) is 2. The van der Waals surface area contributed by atoms with Crippen molar-refractivity contribution in [2.45, 2.75) is 17.7 Å². The van der Waals surface area contributed by atoms with E-state index in [0.29, 0.717) is 13.2 Å². The van der Waals surface area contributed by atoms with Gasteiger partial charge in [0, 0.05) is 13.1 Å². The van der Waals surface area contributed by atoms with E-state index >= 15 is 0 Å². The summed E-state index contributed by atoms with van der Waals surface area (Å²) in [6.45, 7) is 3.97. The maximum atomic E-state index is 11.2. The molecule has 0 aromatic rings. The fraction of sp³-hybridized carbons (Fsp3) is 0.909. The first-order chi connectivity index (χ1) is 7.58. The molecule has 1 saturated heterocycles. The summed E-state index contributed by atoms with van der Waals surface area (Å²) in [7, 11) is 4.08. The van der Waals surface area contributed by atoms with Gasteiger partial charge in [-0.3, -0.25) is 4.90 Å². The van der Waals surface area contributed by atoms with Crippen LogP contribution in [0.3, 0.4) is 0 Å². The lowest BCUT2D eigenvalue weighted by atomic mass is 10.1. The normalized spacial score (nSPS) is 22.0. The van der Waals surface area contributed by atoms with Crippen LogP contribution in [-0.4, -0.2) is 67.9 Å². The van der Waals surface area contributed by atoms with Crippen molar-refractivity contribution in [1.82, 2.24) is 9.80 Å². The van der Waals surface area contributed by atoms with Crippen molar-refractivity contribution >= 4 is 18.9 Å². The van der Waals surface area contributed by atoms with Gasteiger partial charge in [0.1, 0.15) is 11.2 Å². The van der Waals surface area contributed by atoms with Crippen LogP contribution in [0.5, 0.6) is 0 Å². The van der Waals surface area contributed by atoms with Crippen molar-refractivity contribution in [3.05, 3.63) is 0 Å². The van der Waals surface area contributed by atoms with Crippen LogP contribution in [0.15, 0.2) is 0 Å². The van der Waals surface area contributed by atoms with Crippen LogP contribution in [0.1, 0.15) is 12.8 Å². The molecule has 4 nitrogen and oxygen atoms in total. The van der Waals surface area contributed by atoms with Gasteiger partial charge in [0.15, 0.2) is 0 Å². The van der Waals surface area contributed by atoms with Gasteiger partial charge in [0.05, 0.1) is 13.2 Å². The molecule has 1 heterocycles. The monoisotopic (exact) mass is 246 g/mol. The molecule has 94 valence electrons. The van der Waals surface area contributed by atoms with E-state index in [2.05, 4.69) is 22.4 Å². The first kappa shape index (κ1) is 14.0. The zero-order valence-corrected chi connectivity index (χ0v) is 11.1. The van der Waals surface area contributed by atoms with Gasteiger partial charge in [-0.15, -0.1) is 12.6 Å². The Morgan fingerprint density at radius 1 is 1.44 bits per heavy atom. The lowest BCUT2D eigenvalue weighted by molar-refractivity contribution is -0.116. The fourth-order valence-corrected chi connectivity index (χ4v) is 2.26. The predicted molar refractivity (Wildman–Crippen MR) is 68.0 cm³/mol. The molecule has 0 aliphatic carbocycles. The molecule has 0 bridgehead atoms. The van der Waals surface area contributed by atoms with Gasteiger partial charge in [0.25, 0.3) is 0 Å². The Balaban J connectivity index is 2.44. The third-order valence-electron chi connectivity index (χ3n) is 2.90. The molecular weight excluding hydrogens is 224 g/mol. The molecule has 0 aromatic carbocycles. The van der Waals surface area contributed by atoms with Crippen LogP contribution in [0.2, 0.25) is 0 Å². The summed E-state index contributed by atoms with van der Waals surface area (Å²) in [5.41, 5.74) is 0. The molecule has 1 unspecified atom stereocenters. The second-order valence-electron chi connectivity index (χ2n) is 4.50. The highest BCUT2D eigenvalue weighted by Crippen LogP contribution is 2.24. The molecule has 1 aliphatic heterocycles. The predicted octanol–water partition coefficient (Wildman–Crippen LogP) is 0.485.